The Balaban J connectivity index is 0.00000196. The van der Waals surface area contributed by atoms with Crippen LogP contribution in [0.1, 0.15) is 56.5 Å². The van der Waals surface area contributed by atoms with E-state index in [9.17, 15) is 24.0 Å². The van der Waals surface area contributed by atoms with E-state index in [-0.39, 0.29) is 43.7 Å². The summed E-state index contributed by atoms with van der Waals surface area (Å²) >= 11 is 0. The molecule has 3 amide bonds. The molecule has 1 rings (SSSR count). The van der Waals surface area contributed by atoms with Crippen molar-refractivity contribution in [3.05, 3.63) is 35.4 Å². The highest BCUT2D eigenvalue weighted by molar-refractivity contribution is 5.94. The molecule has 0 bridgehead atoms. The number of carbonyl (C=O) groups excluding carboxylic acids is 4. The minimum Gasteiger partial charge on any atom is -0.481 e. The Bertz CT molecular complexity index is 816. The van der Waals surface area contributed by atoms with Crippen molar-refractivity contribution >= 4 is 29.8 Å². The topological polar surface area (TPSA) is 160 Å². The summed E-state index contributed by atoms with van der Waals surface area (Å²) < 4.78 is 9.56. The number of hydrogen-bond donors (Lipinski definition) is 4. The summed E-state index contributed by atoms with van der Waals surface area (Å²) in [6, 6.07) is 6.93. The number of rotatable bonds is 10. The van der Waals surface area contributed by atoms with Crippen molar-refractivity contribution in [3.8, 4) is 0 Å². The molecule has 0 radical (unpaired) electrons. The Labute approximate surface area is 199 Å². The highest BCUT2D eigenvalue weighted by Gasteiger charge is 2.16. The van der Waals surface area contributed by atoms with Crippen LogP contribution >= 0.6 is 0 Å². The number of aliphatic carboxylic acids is 1. The normalized spacial score (nSPS) is 10.1. The van der Waals surface area contributed by atoms with Crippen molar-refractivity contribution in [2.75, 3.05) is 26.7 Å². The summed E-state index contributed by atoms with van der Waals surface area (Å²) in [5, 5.41) is 15.4. The standard InChI is InChI=1S/C20H29N3O6.C3H6O2/c1-20(2,3)29-19(27)23-13-16(24)21-11-9-14-5-7-15(8-6-14)18(26)22-12-10-17(25)28-4;1-2-3(4)5/h5-8H,9-13H2,1-4H3,(H,21,24)(H,22,26)(H,23,27);2H2,1H3,(H,4,5). The first-order valence-electron chi connectivity index (χ1n) is 10.8. The molecular formula is C23H35N3O8. The largest absolute Gasteiger partial charge is 0.481 e. The molecular weight excluding hydrogens is 446 g/mol. The number of nitrogens with one attached hydrogen (secondary N) is 3. The van der Waals surface area contributed by atoms with E-state index in [0.29, 0.717) is 18.5 Å². The Kier molecular flexibility index (Phi) is 14.3. The van der Waals surface area contributed by atoms with Crippen LogP contribution in [0.5, 0.6) is 0 Å². The molecule has 0 saturated heterocycles. The number of carboxylic acid groups (broad SMARTS) is 1. The lowest BCUT2D eigenvalue weighted by Crippen LogP contribution is -2.40. The second-order valence-corrected chi connectivity index (χ2v) is 7.98. The van der Waals surface area contributed by atoms with Crippen molar-refractivity contribution in [1.82, 2.24) is 16.0 Å². The summed E-state index contributed by atoms with van der Waals surface area (Å²) in [5.41, 5.74) is 0.797. The highest BCUT2D eigenvalue weighted by Crippen LogP contribution is 2.06. The second-order valence-electron chi connectivity index (χ2n) is 7.98. The molecule has 0 atom stereocenters. The molecule has 0 aromatic heterocycles. The van der Waals surface area contributed by atoms with Crippen LogP contribution in [0.15, 0.2) is 24.3 Å². The van der Waals surface area contributed by atoms with E-state index in [1.54, 1.807) is 52.0 Å². The molecule has 4 N–H and O–H groups in total. The van der Waals surface area contributed by atoms with Gasteiger partial charge in [-0.1, -0.05) is 19.1 Å². The summed E-state index contributed by atoms with van der Waals surface area (Å²) in [5.74, 6) is -1.73. The summed E-state index contributed by atoms with van der Waals surface area (Å²) in [7, 11) is 1.29. The number of ether oxygens (including phenoxy) is 2. The van der Waals surface area contributed by atoms with E-state index in [1.807, 2.05) is 0 Å². The average Bonchev–Trinajstić information content (AvgIpc) is 2.77. The Morgan fingerprint density at radius 3 is 2.03 bits per heavy atom. The van der Waals surface area contributed by atoms with Crippen molar-refractivity contribution in [3.63, 3.8) is 0 Å². The highest BCUT2D eigenvalue weighted by atomic mass is 16.6. The van der Waals surface area contributed by atoms with Crippen molar-refractivity contribution in [2.45, 2.75) is 52.6 Å². The van der Waals surface area contributed by atoms with Crippen molar-refractivity contribution in [2.24, 2.45) is 0 Å². The Morgan fingerprint density at radius 1 is 0.941 bits per heavy atom. The summed E-state index contributed by atoms with van der Waals surface area (Å²) in [4.78, 5) is 55.6. The molecule has 11 heteroatoms. The van der Waals surface area contributed by atoms with E-state index in [0.717, 1.165) is 5.56 Å². The molecule has 0 unspecified atom stereocenters. The number of carbonyl (C=O) groups is 5. The number of alkyl carbamates (subject to hydrolysis) is 1. The number of esters is 1. The maximum Gasteiger partial charge on any atom is 0.408 e. The average molecular weight is 482 g/mol. The van der Waals surface area contributed by atoms with Gasteiger partial charge in [-0.05, 0) is 44.9 Å². The molecule has 0 aliphatic rings. The van der Waals surface area contributed by atoms with Crippen LogP contribution < -0.4 is 16.0 Å². The fourth-order valence-electron chi connectivity index (χ4n) is 2.18. The van der Waals surface area contributed by atoms with E-state index in [1.165, 1.54) is 7.11 Å². The van der Waals surface area contributed by atoms with Crippen molar-refractivity contribution < 1.29 is 38.6 Å². The predicted molar refractivity (Wildman–Crippen MR) is 124 cm³/mol. The molecule has 0 fully saturated rings. The predicted octanol–water partition coefficient (Wildman–Crippen LogP) is 1.64. The van der Waals surface area contributed by atoms with E-state index in [2.05, 4.69) is 20.7 Å². The molecule has 0 saturated carbocycles. The third kappa shape index (κ3) is 16.1. The summed E-state index contributed by atoms with van der Waals surface area (Å²) in [6.45, 7) is 7.25. The first-order valence-corrected chi connectivity index (χ1v) is 10.8. The minimum absolute atomic E-state index is 0.114. The quantitative estimate of drug-likeness (QED) is 0.367. The summed E-state index contributed by atoms with van der Waals surface area (Å²) in [6.07, 6.45) is 0.263. The van der Waals surface area contributed by atoms with Gasteiger partial charge in [0.1, 0.15) is 5.60 Å². The molecule has 1 aromatic rings. The zero-order chi connectivity index (χ0) is 26.1. The SMILES string of the molecule is CCC(=O)O.COC(=O)CCNC(=O)c1ccc(CCNC(=O)CNC(=O)OC(C)(C)C)cc1. The third-order valence-electron chi connectivity index (χ3n) is 3.89. The number of methoxy groups -OCH3 is 1. The Hall–Kier alpha value is -3.63. The van der Waals surface area contributed by atoms with Gasteiger partial charge in [0.25, 0.3) is 5.91 Å². The minimum atomic E-state index is -0.745. The van der Waals surface area contributed by atoms with Crippen LogP contribution in [0.2, 0.25) is 0 Å². The fourth-order valence-corrected chi connectivity index (χ4v) is 2.18. The number of benzene rings is 1. The zero-order valence-electron chi connectivity index (χ0n) is 20.4. The van der Waals surface area contributed by atoms with Gasteiger partial charge >= 0.3 is 18.0 Å². The number of amides is 3. The smallest absolute Gasteiger partial charge is 0.408 e. The molecule has 0 spiro atoms. The van der Waals surface area contributed by atoms with Gasteiger partial charge in [-0.15, -0.1) is 0 Å². The van der Waals surface area contributed by atoms with Crippen LogP contribution in [0.4, 0.5) is 4.79 Å². The van der Waals surface area contributed by atoms with Crippen LogP contribution in [-0.4, -0.2) is 67.3 Å². The van der Waals surface area contributed by atoms with E-state index in [4.69, 9.17) is 9.84 Å². The molecule has 34 heavy (non-hydrogen) atoms. The molecule has 0 aliphatic heterocycles. The third-order valence-corrected chi connectivity index (χ3v) is 3.89. The first-order chi connectivity index (χ1) is 15.9. The van der Waals surface area contributed by atoms with E-state index < -0.39 is 17.7 Å². The van der Waals surface area contributed by atoms with E-state index >= 15 is 0 Å². The lowest BCUT2D eigenvalue weighted by Gasteiger charge is -2.19. The molecule has 190 valence electrons. The molecule has 0 aliphatic carbocycles. The monoisotopic (exact) mass is 481 g/mol. The fraction of sp³-hybridized carbons (Fsp3) is 0.522. The van der Waals surface area contributed by atoms with Crippen LogP contribution in [0, 0.1) is 0 Å². The van der Waals surface area contributed by atoms with Gasteiger partial charge in [-0.25, -0.2) is 4.79 Å². The zero-order valence-corrected chi connectivity index (χ0v) is 20.4. The van der Waals surface area contributed by atoms with Gasteiger partial charge in [0.05, 0.1) is 20.1 Å². The molecule has 0 heterocycles. The molecule has 1 aromatic carbocycles. The van der Waals surface area contributed by atoms with Crippen LogP contribution in [-0.2, 0) is 30.3 Å². The number of hydrogen-bond acceptors (Lipinski definition) is 7. The second kappa shape index (κ2) is 16.1. The lowest BCUT2D eigenvalue weighted by molar-refractivity contribution is -0.140. The van der Waals surface area contributed by atoms with Gasteiger partial charge in [-0.3, -0.25) is 19.2 Å². The van der Waals surface area contributed by atoms with Crippen molar-refractivity contribution in [1.29, 1.82) is 0 Å². The Morgan fingerprint density at radius 2 is 1.53 bits per heavy atom. The molecule has 11 nitrogen and oxygen atoms in total. The van der Waals surface area contributed by atoms with Gasteiger partial charge < -0.3 is 30.5 Å². The van der Waals surface area contributed by atoms with Gasteiger partial charge in [0.2, 0.25) is 5.91 Å². The number of carboxylic acids is 1. The maximum atomic E-state index is 12.0. The van der Waals surface area contributed by atoms with Gasteiger partial charge in [0, 0.05) is 25.1 Å². The van der Waals surface area contributed by atoms with Crippen LogP contribution in [0.3, 0.4) is 0 Å². The van der Waals surface area contributed by atoms with Crippen LogP contribution in [0.25, 0.3) is 0 Å². The van der Waals surface area contributed by atoms with Gasteiger partial charge in [0.15, 0.2) is 0 Å². The first kappa shape index (κ1) is 30.4. The maximum absolute atomic E-state index is 12.0. The van der Waals surface area contributed by atoms with Gasteiger partial charge in [-0.2, -0.15) is 0 Å². The lowest BCUT2D eigenvalue weighted by atomic mass is 10.1.